The van der Waals surface area contributed by atoms with E-state index in [0.29, 0.717) is 44.6 Å². The summed E-state index contributed by atoms with van der Waals surface area (Å²) in [4.78, 5) is 72.9. The Labute approximate surface area is 364 Å². The van der Waals surface area contributed by atoms with Crippen molar-refractivity contribution in [1.29, 1.82) is 0 Å². The average Bonchev–Trinajstić information content (AvgIpc) is 3.84. The van der Waals surface area contributed by atoms with E-state index in [4.69, 9.17) is 50.7 Å². The summed E-state index contributed by atoms with van der Waals surface area (Å²) in [7, 11) is 3.40. The number of aromatic amines is 1. The zero-order valence-electron chi connectivity index (χ0n) is 35.3. The summed E-state index contributed by atoms with van der Waals surface area (Å²) in [5.41, 5.74) is 6.53. The predicted octanol–water partition coefficient (Wildman–Crippen LogP) is 7.55. The molecule has 0 amide bonds. The summed E-state index contributed by atoms with van der Waals surface area (Å²) >= 11 is 5.71. The Morgan fingerprint density at radius 2 is 1.35 bits per heavy atom. The van der Waals surface area contributed by atoms with Gasteiger partial charge < -0.3 is 23.7 Å². The zero-order chi connectivity index (χ0) is 45.0. The minimum absolute atomic E-state index is 0.0418. The lowest BCUT2D eigenvalue weighted by molar-refractivity contribution is -0.0249. The molecule has 2 N–H and O–H groups in total. The number of aromatic nitrogens is 3. The van der Waals surface area contributed by atoms with Crippen molar-refractivity contribution < 1.29 is 51.9 Å². The first-order chi connectivity index (χ1) is 29.6. The van der Waals surface area contributed by atoms with Crippen LogP contribution < -0.4 is 5.48 Å². The first-order valence-electron chi connectivity index (χ1n) is 19.4. The number of fused-ring (bicyclic) bond motifs is 1. The Kier molecular flexibility index (Phi) is 13.9. The molecule has 324 valence electrons. The van der Waals surface area contributed by atoms with E-state index in [0.717, 1.165) is 12.8 Å². The number of hydrogen-bond acceptors (Lipinski definition) is 14. The number of benzene rings is 3. The van der Waals surface area contributed by atoms with Gasteiger partial charge in [0, 0.05) is 16.7 Å². The van der Waals surface area contributed by atoms with Crippen molar-refractivity contribution in [2.75, 3.05) is 33.9 Å². The summed E-state index contributed by atoms with van der Waals surface area (Å²) in [6, 6.07) is 12.4. The molecule has 0 saturated heterocycles. The van der Waals surface area contributed by atoms with Crippen molar-refractivity contribution in [3.63, 3.8) is 0 Å². The van der Waals surface area contributed by atoms with Crippen LogP contribution in [0.3, 0.4) is 0 Å². The number of esters is 5. The van der Waals surface area contributed by atoms with Gasteiger partial charge in [0.2, 0.25) is 5.69 Å². The van der Waals surface area contributed by atoms with Gasteiger partial charge in [0.15, 0.2) is 11.5 Å². The molecule has 62 heavy (non-hydrogen) atoms. The number of anilines is 1. The Morgan fingerprint density at radius 1 is 0.823 bits per heavy atom. The fraction of sp³-hybridized carbons (Fsp3) is 0.341. The van der Waals surface area contributed by atoms with Crippen LogP contribution in [-0.2, 0) is 55.3 Å². The molecule has 5 aromatic rings. The van der Waals surface area contributed by atoms with Crippen LogP contribution >= 0.6 is 0 Å². The predicted molar refractivity (Wildman–Crippen MR) is 231 cm³/mol. The minimum atomic E-state index is -1.50. The number of carbonyl (C=O) groups excluding carboxylic acids is 5. The van der Waals surface area contributed by atoms with Gasteiger partial charge in [-0.05, 0) is 120 Å². The highest BCUT2D eigenvalue weighted by molar-refractivity contribution is 8.26. The van der Waals surface area contributed by atoms with Crippen LogP contribution in [0.2, 0.25) is 0 Å². The Bertz CT molecular complexity index is 2580. The van der Waals surface area contributed by atoms with Crippen LogP contribution in [0.15, 0.2) is 59.6 Å². The molecule has 1 aliphatic carbocycles. The lowest BCUT2D eigenvalue weighted by Crippen LogP contribution is -2.37. The van der Waals surface area contributed by atoms with E-state index in [9.17, 15) is 24.0 Å². The van der Waals surface area contributed by atoms with Crippen LogP contribution in [-0.4, -0.2) is 79.0 Å². The molecular formula is C44H45N5O11S2. The van der Waals surface area contributed by atoms with E-state index in [1.54, 1.807) is 18.2 Å². The van der Waals surface area contributed by atoms with Crippen LogP contribution in [0.25, 0.3) is 21.9 Å². The molecule has 0 bridgehead atoms. The third-order valence-electron chi connectivity index (χ3n) is 10.8. The van der Waals surface area contributed by atoms with Gasteiger partial charge in [0.25, 0.3) is 0 Å². The topological polar surface area (TPSA) is 190 Å². The maximum atomic E-state index is 13.9. The van der Waals surface area contributed by atoms with Gasteiger partial charge in [-0.2, -0.15) is 4.28 Å². The van der Waals surface area contributed by atoms with Gasteiger partial charge in [0.05, 0.1) is 72.7 Å². The van der Waals surface area contributed by atoms with Crippen molar-refractivity contribution in [2.45, 2.75) is 58.0 Å². The van der Waals surface area contributed by atoms with Crippen LogP contribution in [0.1, 0.15) is 102 Å². The molecular weight excluding hydrogens is 839 g/mol. The molecule has 0 radical (unpaired) electrons. The number of ether oxygens (including phenoxy) is 5. The summed E-state index contributed by atoms with van der Waals surface area (Å²) < 4.78 is 33.3. The summed E-state index contributed by atoms with van der Waals surface area (Å²) in [5.74, 6) is -2.22. The number of rotatable bonds is 13. The van der Waals surface area contributed by atoms with Crippen molar-refractivity contribution in [1.82, 2.24) is 14.6 Å². The second-order valence-corrected chi connectivity index (χ2v) is 17.2. The molecule has 16 nitrogen and oxygen atoms in total. The zero-order valence-corrected chi connectivity index (χ0v) is 36.9. The van der Waals surface area contributed by atoms with E-state index >= 15 is 0 Å². The molecule has 6 rings (SSSR count). The Hall–Kier alpha value is -6.42. The highest BCUT2D eigenvalue weighted by atomic mass is 32.8. The van der Waals surface area contributed by atoms with E-state index in [1.165, 1.54) is 63.4 Å². The van der Waals surface area contributed by atoms with Gasteiger partial charge in [0.1, 0.15) is 11.7 Å². The lowest BCUT2D eigenvalue weighted by atomic mass is 9.75. The van der Waals surface area contributed by atoms with Crippen molar-refractivity contribution in [3.05, 3.63) is 111 Å². The standard InChI is InChI=1S/C44H45N5O11S2/c1-22-10-23(2)37(24(3)11-22)59-44(54)36-35(45-5)21-49-39(36)46-38(47-49)28-15-27(12-26-13-29(40(50)55-6)16-30(14-26)41(51)56-7)25(4)34(20-28)48-60-62(61)33-18-31(42(52)57-8)17-32(19-33)43(53)58-9/h13-24,37,48H,10-12H2,1-4,6-9H3,(H,46,47). The summed E-state index contributed by atoms with van der Waals surface area (Å²) in [6.07, 6.45) is 3.19. The molecule has 1 saturated carbocycles. The van der Waals surface area contributed by atoms with Crippen LogP contribution in [0, 0.1) is 31.2 Å². The van der Waals surface area contributed by atoms with Gasteiger partial charge in [-0.1, -0.05) is 20.8 Å². The number of methoxy groups -OCH3 is 4. The van der Waals surface area contributed by atoms with Gasteiger partial charge in [-0.3, -0.25) is 15.1 Å². The molecule has 1 aliphatic rings. The molecule has 2 heterocycles. The molecule has 3 aromatic carbocycles. The van der Waals surface area contributed by atoms with Gasteiger partial charge in [-0.25, -0.2) is 33.8 Å². The third kappa shape index (κ3) is 9.54. The Balaban J connectivity index is 1.42. The van der Waals surface area contributed by atoms with Crippen molar-refractivity contribution in [2.24, 2.45) is 17.8 Å². The monoisotopic (exact) mass is 883 g/mol. The number of nitrogens with zero attached hydrogens (tertiary/aromatic N) is 3. The summed E-state index contributed by atoms with van der Waals surface area (Å²) in [5, 5.41) is 3.18. The minimum Gasteiger partial charge on any atom is -0.465 e. The number of H-pyrrole nitrogens is 1. The van der Waals surface area contributed by atoms with E-state index in [1.807, 2.05) is 13.0 Å². The lowest BCUT2D eigenvalue weighted by Gasteiger charge is -2.37. The molecule has 3 atom stereocenters. The molecule has 1 fully saturated rings. The Morgan fingerprint density at radius 3 is 1.87 bits per heavy atom. The highest BCUT2D eigenvalue weighted by Gasteiger charge is 2.36. The number of carbonyl (C=O) groups is 5. The van der Waals surface area contributed by atoms with Gasteiger partial charge in [-0.15, -0.1) is 0 Å². The molecule has 2 aromatic heterocycles. The fourth-order valence-electron chi connectivity index (χ4n) is 7.93. The van der Waals surface area contributed by atoms with E-state index in [2.05, 4.69) is 36.2 Å². The normalized spacial score (nSPS) is 17.7. The first kappa shape index (κ1) is 45.1. The molecule has 0 spiro atoms. The quantitative estimate of drug-likeness (QED) is 0.0510. The maximum Gasteiger partial charge on any atom is 0.337 e. The van der Waals surface area contributed by atoms with Crippen molar-refractivity contribution in [3.8, 4) is 11.4 Å². The summed E-state index contributed by atoms with van der Waals surface area (Å²) in [6.45, 7) is 16.0. The molecule has 18 heteroatoms. The SMILES string of the molecule is [C-]#[N+]c1cn2[nH]c(-c3cc(Cc4cc(C(=O)OC)cc(C(=O)OC)c4)c(C)c(NOS(=S)c4cc(C(=O)OC)cc(C(=O)OC)c4)c3)nc2c1C(=O)OC1C(C)CC(C)CC1C. The molecule has 0 aliphatic heterocycles. The first-order valence-corrected chi connectivity index (χ1v) is 21.5. The number of hydrogen-bond donors (Lipinski definition) is 2. The van der Waals surface area contributed by atoms with E-state index in [-0.39, 0.29) is 63.5 Å². The van der Waals surface area contributed by atoms with Crippen LogP contribution in [0.5, 0.6) is 0 Å². The van der Waals surface area contributed by atoms with Crippen molar-refractivity contribution >= 4 is 67.8 Å². The largest absolute Gasteiger partial charge is 0.465 e. The van der Waals surface area contributed by atoms with Gasteiger partial charge >= 0.3 is 29.8 Å². The highest BCUT2D eigenvalue weighted by Crippen LogP contribution is 2.37. The smallest absolute Gasteiger partial charge is 0.337 e. The average molecular weight is 884 g/mol. The second-order valence-electron chi connectivity index (χ2n) is 15.2. The molecule has 3 unspecified atom stereocenters. The number of nitrogens with one attached hydrogen (secondary N) is 2. The fourth-order valence-corrected chi connectivity index (χ4v) is 9.02. The second kappa shape index (κ2) is 19.1. The third-order valence-corrected chi connectivity index (χ3v) is 12.5. The van der Waals surface area contributed by atoms with E-state index < -0.39 is 39.6 Å². The van der Waals surface area contributed by atoms with Crippen LogP contribution in [0.4, 0.5) is 11.4 Å². The maximum absolute atomic E-state index is 13.9.